The number of pyridine rings is 1. The average Bonchev–Trinajstić information content (AvgIpc) is 2.66. The lowest BCUT2D eigenvalue weighted by molar-refractivity contribution is 0.0557. The summed E-state index contributed by atoms with van der Waals surface area (Å²) >= 11 is 4.69. The van der Waals surface area contributed by atoms with Crippen molar-refractivity contribution in [1.82, 2.24) is 4.98 Å². The molecule has 0 bridgehead atoms. The van der Waals surface area contributed by atoms with Crippen LogP contribution in [0.2, 0.25) is 0 Å². The van der Waals surface area contributed by atoms with E-state index in [-0.39, 0.29) is 4.47 Å². The van der Waals surface area contributed by atoms with Crippen LogP contribution >= 0.6 is 35.3 Å². The number of thioether (sulfide) groups is 1. The minimum Gasteiger partial charge on any atom is -0.320 e. The third kappa shape index (κ3) is 5.44. The summed E-state index contributed by atoms with van der Waals surface area (Å²) < 4.78 is 38.8. The number of hydrogen-bond donors (Lipinski definition) is 2. The number of rotatable bonds is 8. The standard InChI is InChI=1S/C20H19BrF2NO3PS/c21-17-13-14(8-10-16(17)20(22,23)28(25,26)27)5-3-4-12-29-19-11-9-15-6-1-2-7-18(15)24-19/h1-2,6-11,13H,3-5,12H2,(H2,25,26,27). The van der Waals surface area contributed by atoms with E-state index in [9.17, 15) is 13.3 Å². The molecule has 0 aliphatic rings. The normalized spacial score (nSPS) is 12.4. The van der Waals surface area contributed by atoms with Gasteiger partial charge >= 0.3 is 13.3 Å². The highest BCUT2D eigenvalue weighted by molar-refractivity contribution is 9.10. The SMILES string of the molecule is O=P(O)(O)C(F)(F)c1ccc(CCCCSc2ccc3ccccc3n2)cc1Br. The third-order valence-corrected chi connectivity index (χ3v) is 7.05. The minimum absolute atomic E-state index is 0.00179. The smallest absolute Gasteiger partial charge is 0.320 e. The molecule has 3 rings (SSSR count). The molecule has 9 heteroatoms. The van der Waals surface area contributed by atoms with Gasteiger partial charge in [0.05, 0.1) is 10.5 Å². The fraction of sp³-hybridized carbons (Fsp3) is 0.250. The van der Waals surface area contributed by atoms with Gasteiger partial charge in [-0.2, -0.15) is 8.78 Å². The van der Waals surface area contributed by atoms with Crippen molar-refractivity contribution in [1.29, 1.82) is 0 Å². The maximum Gasteiger partial charge on any atom is 0.399 e. The molecule has 0 spiro atoms. The number of aryl methyl sites for hydroxylation is 1. The zero-order valence-corrected chi connectivity index (χ0v) is 18.6. The van der Waals surface area contributed by atoms with Gasteiger partial charge in [-0.1, -0.05) is 52.3 Å². The monoisotopic (exact) mass is 501 g/mol. The molecule has 29 heavy (non-hydrogen) atoms. The molecule has 0 aliphatic carbocycles. The Morgan fingerprint density at radius 1 is 1.07 bits per heavy atom. The Bertz CT molecular complexity index is 1060. The zero-order valence-electron chi connectivity index (χ0n) is 15.3. The second kappa shape index (κ2) is 9.23. The van der Waals surface area contributed by atoms with Gasteiger partial charge in [0.1, 0.15) is 0 Å². The van der Waals surface area contributed by atoms with Crippen LogP contribution < -0.4 is 0 Å². The Hall–Kier alpha value is -1.31. The Morgan fingerprint density at radius 2 is 1.83 bits per heavy atom. The maximum atomic E-state index is 13.9. The molecule has 0 saturated carbocycles. The van der Waals surface area contributed by atoms with E-state index in [0.29, 0.717) is 6.42 Å². The topological polar surface area (TPSA) is 70.4 Å². The number of para-hydroxylation sites is 1. The van der Waals surface area contributed by atoms with Gasteiger partial charge in [-0.05, 0) is 48.8 Å². The predicted molar refractivity (Wildman–Crippen MR) is 115 cm³/mol. The zero-order chi connectivity index (χ0) is 21.1. The van der Waals surface area contributed by atoms with E-state index in [2.05, 4.69) is 27.0 Å². The average molecular weight is 502 g/mol. The highest BCUT2D eigenvalue weighted by Gasteiger charge is 2.51. The number of benzene rings is 2. The third-order valence-electron chi connectivity index (χ3n) is 4.41. The molecule has 154 valence electrons. The fourth-order valence-electron chi connectivity index (χ4n) is 2.85. The number of hydrogen-bond acceptors (Lipinski definition) is 3. The van der Waals surface area contributed by atoms with Crippen LogP contribution in [0.1, 0.15) is 24.0 Å². The van der Waals surface area contributed by atoms with Crippen molar-refractivity contribution >= 4 is 46.2 Å². The van der Waals surface area contributed by atoms with E-state index in [1.165, 1.54) is 12.1 Å². The second-order valence-corrected chi connectivity index (χ2v) is 10.2. The molecule has 1 aromatic heterocycles. The van der Waals surface area contributed by atoms with Crippen LogP contribution in [-0.2, 0) is 16.6 Å². The summed E-state index contributed by atoms with van der Waals surface area (Å²) in [5.41, 5.74) is -3.12. The van der Waals surface area contributed by atoms with Gasteiger partial charge in [0, 0.05) is 15.4 Å². The number of alkyl halides is 2. The fourth-order valence-corrected chi connectivity index (χ4v) is 5.07. The van der Waals surface area contributed by atoms with Gasteiger partial charge in [-0.15, -0.1) is 11.8 Å². The molecule has 2 aromatic carbocycles. The van der Waals surface area contributed by atoms with Crippen LogP contribution in [-0.4, -0.2) is 20.5 Å². The van der Waals surface area contributed by atoms with Crippen molar-refractivity contribution < 1.29 is 23.1 Å². The van der Waals surface area contributed by atoms with E-state index < -0.39 is 18.8 Å². The van der Waals surface area contributed by atoms with Gasteiger partial charge in [-0.25, -0.2) is 4.98 Å². The van der Waals surface area contributed by atoms with E-state index in [1.807, 2.05) is 30.3 Å². The molecule has 1 heterocycles. The number of halogens is 3. The summed E-state index contributed by atoms with van der Waals surface area (Å²) in [4.78, 5) is 22.4. The quantitative estimate of drug-likeness (QED) is 0.214. The van der Waals surface area contributed by atoms with Crippen LogP contribution in [0, 0.1) is 0 Å². The van der Waals surface area contributed by atoms with E-state index in [1.54, 1.807) is 11.8 Å². The summed E-state index contributed by atoms with van der Waals surface area (Å²) in [6, 6.07) is 16.1. The molecule has 0 atom stereocenters. The molecule has 0 aliphatic heterocycles. The second-order valence-electron chi connectivity index (χ2n) is 6.55. The summed E-state index contributed by atoms with van der Waals surface area (Å²) in [7, 11) is -5.58. The van der Waals surface area contributed by atoms with Crippen molar-refractivity contribution in [2.75, 3.05) is 5.75 Å². The van der Waals surface area contributed by atoms with Gasteiger partial charge in [0.25, 0.3) is 0 Å². The summed E-state index contributed by atoms with van der Waals surface area (Å²) in [5, 5.41) is 2.07. The first-order chi connectivity index (χ1) is 13.7. The van der Waals surface area contributed by atoms with E-state index in [4.69, 9.17) is 9.79 Å². The molecule has 0 amide bonds. The van der Waals surface area contributed by atoms with Crippen molar-refractivity contribution in [2.45, 2.75) is 30.0 Å². The highest BCUT2D eigenvalue weighted by atomic mass is 79.9. The van der Waals surface area contributed by atoms with Crippen molar-refractivity contribution in [3.8, 4) is 0 Å². The highest BCUT2D eigenvalue weighted by Crippen LogP contribution is 2.60. The maximum absolute atomic E-state index is 13.9. The molecule has 0 saturated heterocycles. The van der Waals surface area contributed by atoms with Crippen molar-refractivity contribution in [3.05, 3.63) is 70.2 Å². The number of fused-ring (bicyclic) bond motifs is 1. The molecule has 0 unspecified atom stereocenters. The summed E-state index contributed by atoms with van der Waals surface area (Å²) in [6.07, 6.45) is 2.48. The van der Waals surface area contributed by atoms with Crippen LogP contribution in [0.4, 0.5) is 8.78 Å². The van der Waals surface area contributed by atoms with Crippen LogP contribution in [0.3, 0.4) is 0 Å². The largest absolute Gasteiger partial charge is 0.399 e. The predicted octanol–water partition coefficient (Wildman–Crippen LogP) is 6.34. The first kappa shape index (κ1) is 22.4. The molecular formula is C20H19BrF2NO3PS. The Morgan fingerprint density at radius 3 is 2.55 bits per heavy atom. The van der Waals surface area contributed by atoms with Crippen molar-refractivity contribution in [2.24, 2.45) is 0 Å². The molecule has 0 radical (unpaired) electrons. The van der Waals surface area contributed by atoms with E-state index >= 15 is 0 Å². The lowest BCUT2D eigenvalue weighted by Gasteiger charge is -2.19. The van der Waals surface area contributed by atoms with Crippen LogP contribution in [0.15, 0.2) is 64.1 Å². The Labute approximate surface area is 180 Å². The Balaban J connectivity index is 1.51. The minimum atomic E-state index is -5.58. The lowest BCUT2D eigenvalue weighted by atomic mass is 10.1. The first-order valence-corrected chi connectivity index (χ1v) is 12.3. The summed E-state index contributed by atoms with van der Waals surface area (Å²) in [6.45, 7) is 0. The van der Waals surface area contributed by atoms with Gasteiger partial charge in [-0.3, -0.25) is 4.57 Å². The number of aromatic nitrogens is 1. The van der Waals surface area contributed by atoms with Crippen LogP contribution in [0.25, 0.3) is 10.9 Å². The van der Waals surface area contributed by atoms with Gasteiger partial charge < -0.3 is 9.79 Å². The molecule has 0 fully saturated rings. The molecular weight excluding hydrogens is 483 g/mol. The molecule has 3 aromatic rings. The first-order valence-electron chi connectivity index (χ1n) is 8.89. The van der Waals surface area contributed by atoms with Crippen LogP contribution in [0.5, 0.6) is 0 Å². The van der Waals surface area contributed by atoms with E-state index in [0.717, 1.165) is 46.2 Å². The van der Waals surface area contributed by atoms with Gasteiger partial charge in [0.15, 0.2) is 0 Å². The van der Waals surface area contributed by atoms with Crippen molar-refractivity contribution in [3.63, 3.8) is 0 Å². The summed E-state index contributed by atoms with van der Waals surface area (Å²) in [5.74, 6) is 0.890. The van der Waals surface area contributed by atoms with Gasteiger partial charge in [0.2, 0.25) is 0 Å². The Kier molecular flexibility index (Phi) is 7.12. The number of unbranched alkanes of at least 4 members (excludes halogenated alkanes) is 1. The molecule has 4 nitrogen and oxygen atoms in total. The molecule has 2 N–H and O–H groups in total. The number of nitrogens with zero attached hydrogens (tertiary/aromatic N) is 1. The lowest BCUT2D eigenvalue weighted by Crippen LogP contribution is -2.14.